The van der Waals surface area contributed by atoms with E-state index >= 15 is 0 Å². The smallest absolute Gasteiger partial charge is 0.307 e. The molecule has 0 bridgehead atoms. The van der Waals surface area contributed by atoms with Crippen LogP contribution in [0.3, 0.4) is 0 Å². The average molecular weight is 254 g/mol. The summed E-state index contributed by atoms with van der Waals surface area (Å²) in [7, 11) is 0. The maximum absolute atomic E-state index is 10.6. The zero-order chi connectivity index (χ0) is 13.7. The summed E-state index contributed by atoms with van der Waals surface area (Å²) in [6.45, 7) is 2.18. The van der Waals surface area contributed by atoms with E-state index in [1.165, 1.54) is 11.1 Å². The summed E-state index contributed by atoms with van der Waals surface area (Å²) in [6, 6.07) is 16.3. The van der Waals surface area contributed by atoms with Gasteiger partial charge in [-0.1, -0.05) is 61.9 Å². The SMILES string of the molecule is CCCc1ccc(-c2ccc(CC(=O)O)cc2)cc1. The molecule has 0 saturated carbocycles. The molecule has 0 fully saturated rings. The Labute approximate surface area is 113 Å². The molecule has 0 heterocycles. The Balaban J connectivity index is 2.15. The van der Waals surface area contributed by atoms with Crippen LogP contribution in [0.2, 0.25) is 0 Å². The molecule has 1 N–H and O–H groups in total. The monoisotopic (exact) mass is 254 g/mol. The minimum Gasteiger partial charge on any atom is -0.481 e. The van der Waals surface area contributed by atoms with E-state index in [2.05, 4.69) is 31.2 Å². The lowest BCUT2D eigenvalue weighted by molar-refractivity contribution is -0.136. The van der Waals surface area contributed by atoms with Gasteiger partial charge in [0.1, 0.15) is 0 Å². The lowest BCUT2D eigenvalue weighted by Gasteiger charge is -2.05. The molecule has 0 aliphatic carbocycles. The molecular formula is C17H18O2. The number of aliphatic carboxylic acids is 1. The van der Waals surface area contributed by atoms with Crippen molar-refractivity contribution in [3.05, 3.63) is 59.7 Å². The van der Waals surface area contributed by atoms with Crippen LogP contribution in [-0.2, 0) is 17.6 Å². The lowest BCUT2D eigenvalue weighted by Crippen LogP contribution is -1.99. The lowest BCUT2D eigenvalue weighted by atomic mass is 10.0. The molecule has 19 heavy (non-hydrogen) atoms. The molecule has 98 valence electrons. The third-order valence-electron chi connectivity index (χ3n) is 3.14. The van der Waals surface area contributed by atoms with Gasteiger partial charge in [0.2, 0.25) is 0 Å². The van der Waals surface area contributed by atoms with Crippen molar-refractivity contribution in [2.24, 2.45) is 0 Å². The van der Waals surface area contributed by atoms with Crippen molar-refractivity contribution in [1.82, 2.24) is 0 Å². The first-order chi connectivity index (χ1) is 9.19. The molecule has 0 spiro atoms. The molecule has 0 radical (unpaired) electrons. The number of aryl methyl sites for hydroxylation is 1. The van der Waals surface area contributed by atoms with Crippen LogP contribution in [0.15, 0.2) is 48.5 Å². The van der Waals surface area contributed by atoms with E-state index in [0.717, 1.165) is 24.0 Å². The molecule has 2 aromatic carbocycles. The topological polar surface area (TPSA) is 37.3 Å². The second-order valence-corrected chi connectivity index (χ2v) is 4.71. The van der Waals surface area contributed by atoms with E-state index < -0.39 is 5.97 Å². The molecule has 0 atom stereocenters. The Hall–Kier alpha value is -2.09. The predicted molar refractivity (Wildman–Crippen MR) is 77.2 cm³/mol. The zero-order valence-electron chi connectivity index (χ0n) is 11.1. The summed E-state index contributed by atoms with van der Waals surface area (Å²) in [5.74, 6) is -0.795. The molecule has 2 nitrogen and oxygen atoms in total. The molecule has 2 aromatic rings. The van der Waals surface area contributed by atoms with Gasteiger partial charge in [0.15, 0.2) is 0 Å². The third-order valence-corrected chi connectivity index (χ3v) is 3.14. The number of carboxylic acid groups (broad SMARTS) is 1. The van der Waals surface area contributed by atoms with Crippen LogP contribution < -0.4 is 0 Å². The maximum atomic E-state index is 10.6. The molecule has 2 rings (SSSR count). The molecule has 0 unspecified atom stereocenters. The van der Waals surface area contributed by atoms with Crippen molar-refractivity contribution in [1.29, 1.82) is 0 Å². The van der Waals surface area contributed by atoms with Crippen LogP contribution in [0, 0.1) is 0 Å². The van der Waals surface area contributed by atoms with Crippen molar-refractivity contribution in [2.45, 2.75) is 26.2 Å². The van der Waals surface area contributed by atoms with E-state index in [1.807, 2.05) is 24.3 Å². The summed E-state index contributed by atoms with van der Waals surface area (Å²) < 4.78 is 0. The molecular weight excluding hydrogens is 236 g/mol. The van der Waals surface area contributed by atoms with Crippen LogP contribution in [-0.4, -0.2) is 11.1 Å². The van der Waals surface area contributed by atoms with E-state index in [1.54, 1.807) is 0 Å². The first kappa shape index (κ1) is 13.3. The van der Waals surface area contributed by atoms with E-state index in [9.17, 15) is 4.79 Å². The van der Waals surface area contributed by atoms with Gasteiger partial charge in [0, 0.05) is 0 Å². The van der Waals surface area contributed by atoms with Gasteiger partial charge >= 0.3 is 5.97 Å². The Kier molecular flexibility index (Phi) is 4.35. The number of benzene rings is 2. The normalized spacial score (nSPS) is 10.4. The van der Waals surface area contributed by atoms with E-state index in [-0.39, 0.29) is 6.42 Å². The highest BCUT2D eigenvalue weighted by molar-refractivity contribution is 5.71. The highest BCUT2D eigenvalue weighted by atomic mass is 16.4. The van der Waals surface area contributed by atoms with Gasteiger partial charge in [-0.2, -0.15) is 0 Å². The standard InChI is InChI=1S/C17H18O2/c1-2-3-13-4-8-15(9-5-13)16-10-6-14(7-11-16)12-17(18)19/h4-11H,2-3,12H2,1H3,(H,18,19). The summed E-state index contributed by atoms with van der Waals surface area (Å²) in [5, 5.41) is 8.73. The van der Waals surface area contributed by atoms with Crippen LogP contribution in [0.5, 0.6) is 0 Å². The van der Waals surface area contributed by atoms with Gasteiger partial charge in [-0.05, 0) is 28.7 Å². The summed E-state index contributed by atoms with van der Waals surface area (Å²) in [6.07, 6.45) is 2.34. The number of rotatable bonds is 5. The number of carboxylic acids is 1. The van der Waals surface area contributed by atoms with Gasteiger partial charge in [-0.3, -0.25) is 4.79 Å². The highest BCUT2D eigenvalue weighted by Crippen LogP contribution is 2.21. The Morgan fingerprint density at radius 1 is 0.895 bits per heavy atom. The second-order valence-electron chi connectivity index (χ2n) is 4.71. The first-order valence-electron chi connectivity index (χ1n) is 6.59. The molecule has 0 aliphatic rings. The van der Waals surface area contributed by atoms with Crippen molar-refractivity contribution in [2.75, 3.05) is 0 Å². The van der Waals surface area contributed by atoms with Crippen molar-refractivity contribution < 1.29 is 9.90 Å². The number of hydrogen-bond donors (Lipinski definition) is 1. The van der Waals surface area contributed by atoms with E-state index in [0.29, 0.717) is 0 Å². The number of carbonyl (C=O) groups is 1. The Morgan fingerprint density at radius 2 is 1.37 bits per heavy atom. The van der Waals surface area contributed by atoms with Crippen molar-refractivity contribution in [3.63, 3.8) is 0 Å². The van der Waals surface area contributed by atoms with Crippen LogP contribution >= 0.6 is 0 Å². The van der Waals surface area contributed by atoms with Crippen molar-refractivity contribution in [3.8, 4) is 11.1 Å². The number of hydrogen-bond acceptors (Lipinski definition) is 1. The fraction of sp³-hybridized carbons (Fsp3) is 0.235. The van der Waals surface area contributed by atoms with Gasteiger partial charge in [0.25, 0.3) is 0 Å². The van der Waals surface area contributed by atoms with Crippen LogP contribution in [0.4, 0.5) is 0 Å². The van der Waals surface area contributed by atoms with Crippen LogP contribution in [0.25, 0.3) is 11.1 Å². The first-order valence-corrected chi connectivity index (χ1v) is 6.59. The van der Waals surface area contributed by atoms with Gasteiger partial charge in [-0.25, -0.2) is 0 Å². The molecule has 0 aliphatic heterocycles. The van der Waals surface area contributed by atoms with Crippen molar-refractivity contribution >= 4 is 5.97 Å². The molecule has 2 heteroatoms. The minimum atomic E-state index is -0.795. The Morgan fingerprint density at radius 3 is 1.79 bits per heavy atom. The summed E-state index contributed by atoms with van der Waals surface area (Å²) >= 11 is 0. The quantitative estimate of drug-likeness (QED) is 0.877. The molecule has 0 saturated heterocycles. The fourth-order valence-electron chi connectivity index (χ4n) is 2.14. The second kappa shape index (κ2) is 6.19. The molecule has 0 aromatic heterocycles. The predicted octanol–water partition coefficient (Wildman–Crippen LogP) is 3.93. The summed E-state index contributed by atoms with van der Waals surface area (Å²) in [4.78, 5) is 10.6. The van der Waals surface area contributed by atoms with Crippen LogP contribution in [0.1, 0.15) is 24.5 Å². The average Bonchev–Trinajstić information content (AvgIpc) is 2.40. The molecule has 0 amide bonds. The third kappa shape index (κ3) is 3.68. The fourth-order valence-corrected chi connectivity index (χ4v) is 2.14. The Bertz CT molecular complexity index is 538. The zero-order valence-corrected chi connectivity index (χ0v) is 11.1. The highest BCUT2D eigenvalue weighted by Gasteiger charge is 2.02. The minimum absolute atomic E-state index is 0.0791. The van der Waals surface area contributed by atoms with Gasteiger partial charge < -0.3 is 5.11 Å². The maximum Gasteiger partial charge on any atom is 0.307 e. The largest absolute Gasteiger partial charge is 0.481 e. The van der Waals surface area contributed by atoms with Gasteiger partial charge in [0.05, 0.1) is 6.42 Å². The summed E-state index contributed by atoms with van der Waals surface area (Å²) in [5.41, 5.74) is 4.48. The van der Waals surface area contributed by atoms with Gasteiger partial charge in [-0.15, -0.1) is 0 Å². The van der Waals surface area contributed by atoms with E-state index in [4.69, 9.17) is 5.11 Å².